The minimum atomic E-state index is -0.208. The molecule has 29 heavy (non-hydrogen) atoms. The molecule has 1 aliphatic rings. The van der Waals surface area contributed by atoms with Crippen molar-refractivity contribution in [2.45, 2.75) is 39.7 Å². The van der Waals surface area contributed by atoms with Gasteiger partial charge in [0.1, 0.15) is 0 Å². The zero-order valence-electron chi connectivity index (χ0n) is 16.8. The molecule has 152 valence electrons. The number of H-pyrrole nitrogens is 1. The van der Waals surface area contributed by atoms with Crippen LogP contribution in [0.1, 0.15) is 36.3 Å². The number of rotatable bonds is 4. The van der Waals surface area contributed by atoms with E-state index in [0.29, 0.717) is 35.6 Å². The third-order valence-electron chi connectivity index (χ3n) is 5.73. The molecule has 3 aromatic heterocycles. The topological polar surface area (TPSA) is 83.9 Å². The number of fused-ring (bicyclic) bond motifs is 1. The smallest absolute Gasteiger partial charge is 0.257 e. The number of carbonyl (C=O) groups excluding carboxylic acids is 1. The number of aromatic amines is 1. The lowest BCUT2D eigenvalue weighted by Gasteiger charge is -2.21. The van der Waals surface area contributed by atoms with Crippen LogP contribution in [0.3, 0.4) is 0 Å². The maximum atomic E-state index is 13.0. The molecule has 0 aliphatic carbocycles. The van der Waals surface area contributed by atoms with Crippen molar-refractivity contribution in [1.82, 2.24) is 24.6 Å². The lowest BCUT2D eigenvalue weighted by atomic mass is 10.0. The summed E-state index contributed by atoms with van der Waals surface area (Å²) in [6, 6.07) is 5.45. The van der Waals surface area contributed by atoms with Gasteiger partial charge in [-0.2, -0.15) is 5.10 Å². The van der Waals surface area contributed by atoms with Crippen LogP contribution in [0, 0.1) is 19.8 Å². The molecular weight excluding hydrogens is 390 g/mol. The summed E-state index contributed by atoms with van der Waals surface area (Å²) in [5, 5.41) is 5.66. The first kappa shape index (κ1) is 19.6. The van der Waals surface area contributed by atoms with Gasteiger partial charge in [-0.1, -0.05) is 18.5 Å². The van der Waals surface area contributed by atoms with Gasteiger partial charge in [0.25, 0.3) is 5.56 Å². The van der Waals surface area contributed by atoms with Gasteiger partial charge in [-0.3, -0.25) is 19.3 Å². The summed E-state index contributed by atoms with van der Waals surface area (Å²) >= 11 is 6.22. The maximum absolute atomic E-state index is 13.0. The van der Waals surface area contributed by atoms with Crippen LogP contribution in [0.2, 0.25) is 5.02 Å². The fraction of sp³-hybridized carbons (Fsp3) is 0.429. The second kappa shape index (κ2) is 7.63. The van der Waals surface area contributed by atoms with E-state index in [9.17, 15) is 9.59 Å². The first-order valence-corrected chi connectivity index (χ1v) is 10.2. The third-order valence-corrected chi connectivity index (χ3v) is 6.28. The number of nitrogens with zero attached hydrogens (tertiary/aromatic N) is 4. The summed E-state index contributed by atoms with van der Waals surface area (Å²) < 4.78 is 1.81. The van der Waals surface area contributed by atoms with E-state index in [1.54, 1.807) is 23.0 Å². The van der Waals surface area contributed by atoms with Crippen LogP contribution in [-0.4, -0.2) is 43.6 Å². The van der Waals surface area contributed by atoms with Crippen LogP contribution in [0.4, 0.5) is 0 Å². The van der Waals surface area contributed by atoms with Gasteiger partial charge in [-0.15, -0.1) is 0 Å². The number of halogens is 1. The first-order chi connectivity index (χ1) is 13.8. The van der Waals surface area contributed by atoms with Gasteiger partial charge in [0.05, 0.1) is 39.8 Å². The Morgan fingerprint density at radius 1 is 1.41 bits per heavy atom. The molecular formula is C21H24ClN5O2. The monoisotopic (exact) mass is 413 g/mol. The molecule has 0 spiro atoms. The molecule has 0 unspecified atom stereocenters. The van der Waals surface area contributed by atoms with Crippen LogP contribution >= 0.6 is 11.6 Å². The Morgan fingerprint density at radius 3 is 2.93 bits per heavy atom. The van der Waals surface area contributed by atoms with Crippen LogP contribution in [-0.2, 0) is 11.3 Å². The molecule has 3 aromatic rings. The molecule has 2 atom stereocenters. The highest BCUT2D eigenvalue weighted by Gasteiger charge is 2.31. The van der Waals surface area contributed by atoms with Gasteiger partial charge in [0.2, 0.25) is 5.91 Å². The first-order valence-electron chi connectivity index (χ1n) is 9.81. The highest BCUT2D eigenvalue weighted by Crippen LogP contribution is 2.28. The van der Waals surface area contributed by atoms with Crippen LogP contribution in [0.25, 0.3) is 10.9 Å². The van der Waals surface area contributed by atoms with Crippen LogP contribution in [0.15, 0.2) is 29.2 Å². The van der Waals surface area contributed by atoms with Gasteiger partial charge < -0.3 is 9.88 Å². The zero-order chi connectivity index (χ0) is 20.7. The highest BCUT2D eigenvalue weighted by atomic mass is 35.5. The fourth-order valence-electron chi connectivity index (χ4n) is 4.04. The molecule has 1 fully saturated rings. The van der Waals surface area contributed by atoms with E-state index in [2.05, 4.69) is 15.1 Å². The number of hydrogen-bond acceptors (Lipinski definition) is 4. The number of carbonyl (C=O) groups is 1. The minimum absolute atomic E-state index is 0.0948. The van der Waals surface area contributed by atoms with Crippen molar-refractivity contribution < 1.29 is 4.79 Å². The molecule has 1 saturated heterocycles. The predicted molar refractivity (Wildman–Crippen MR) is 112 cm³/mol. The standard InChI is InChI=1S/C21H24ClN5O2/c1-12(10-27-14(3)19(22)13(2)25-27)21(29)26-8-6-15(11-26)17-9-18-16(20(28)24-17)5-4-7-23-18/h4-5,7,9,12,15H,6,8,10-11H2,1-3H3,(H,24,28)/t12-,15+/m1/s1. The predicted octanol–water partition coefficient (Wildman–Crippen LogP) is 3.04. The van der Waals surface area contributed by atoms with Gasteiger partial charge in [-0.05, 0) is 38.5 Å². The normalized spacial score (nSPS) is 17.8. The van der Waals surface area contributed by atoms with E-state index in [1.165, 1.54) is 0 Å². The third kappa shape index (κ3) is 3.67. The largest absolute Gasteiger partial charge is 0.342 e. The van der Waals surface area contributed by atoms with E-state index in [4.69, 9.17) is 11.6 Å². The molecule has 0 bridgehead atoms. The molecule has 1 aliphatic heterocycles. The summed E-state index contributed by atoms with van der Waals surface area (Å²) in [6.07, 6.45) is 2.50. The Kier molecular flexibility index (Phi) is 5.17. The van der Waals surface area contributed by atoms with E-state index in [0.717, 1.165) is 23.5 Å². The number of amides is 1. The number of aryl methyl sites for hydroxylation is 1. The molecule has 7 nitrogen and oxygen atoms in total. The summed E-state index contributed by atoms with van der Waals surface area (Å²) in [5.74, 6) is -0.00837. The summed E-state index contributed by atoms with van der Waals surface area (Å²) in [5.41, 5.74) is 3.05. The Labute approximate surface area is 173 Å². The van der Waals surface area contributed by atoms with Crippen LogP contribution < -0.4 is 5.56 Å². The lowest BCUT2D eigenvalue weighted by Crippen LogP contribution is -2.35. The van der Waals surface area contributed by atoms with Gasteiger partial charge in [0.15, 0.2) is 0 Å². The average molecular weight is 414 g/mol. The van der Waals surface area contributed by atoms with E-state index >= 15 is 0 Å². The molecule has 0 radical (unpaired) electrons. The van der Waals surface area contributed by atoms with Crippen molar-refractivity contribution in [3.63, 3.8) is 0 Å². The quantitative estimate of drug-likeness (QED) is 0.712. The lowest BCUT2D eigenvalue weighted by molar-refractivity contribution is -0.134. The molecule has 4 rings (SSSR count). The number of aromatic nitrogens is 4. The Morgan fingerprint density at radius 2 is 2.21 bits per heavy atom. The van der Waals surface area contributed by atoms with E-state index in [-0.39, 0.29) is 23.3 Å². The molecule has 1 N–H and O–H groups in total. The van der Waals surface area contributed by atoms with Crippen molar-refractivity contribution in [1.29, 1.82) is 0 Å². The number of hydrogen-bond donors (Lipinski definition) is 1. The van der Waals surface area contributed by atoms with Crippen molar-refractivity contribution in [2.24, 2.45) is 5.92 Å². The number of nitrogens with one attached hydrogen (secondary N) is 1. The minimum Gasteiger partial charge on any atom is -0.342 e. The zero-order valence-corrected chi connectivity index (χ0v) is 17.5. The van der Waals surface area contributed by atoms with Gasteiger partial charge in [-0.25, -0.2) is 0 Å². The Bertz CT molecular complexity index is 1140. The molecule has 8 heteroatoms. The Balaban J connectivity index is 1.47. The van der Waals surface area contributed by atoms with Gasteiger partial charge >= 0.3 is 0 Å². The van der Waals surface area contributed by atoms with Crippen molar-refractivity contribution in [3.05, 3.63) is 56.9 Å². The van der Waals surface area contributed by atoms with Crippen LogP contribution in [0.5, 0.6) is 0 Å². The van der Waals surface area contributed by atoms with Gasteiger partial charge in [0, 0.05) is 30.9 Å². The maximum Gasteiger partial charge on any atom is 0.257 e. The second-order valence-electron chi connectivity index (χ2n) is 7.83. The summed E-state index contributed by atoms with van der Waals surface area (Å²) in [6.45, 7) is 7.46. The Hall–Kier alpha value is -2.67. The van der Waals surface area contributed by atoms with Crippen molar-refractivity contribution in [2.75, 3.05) is 13.1 Å². The fourth-order valence-corrected chi connectivity index (χ4v) is 4.18. The SMILES string of the molecule is Cc1nn(C[C@@H](C)C(=O)N2CC[C@H](c3cc4ncccc4c(=O)[nH]3)C2)c(C)c1Cl. The van der Waals surface area contributed by atoms with Crippen molar-refractivity contribution in [3.8, 4) is 0 Å². The molecule has 0 saturated carbocycles. The summed E-state index contributed by atoms with van der Waals surface area (Å²) in [7, 11) is 0. The highest BCUT2D eigenvalue weighted by molar-refractivity contribution is 6.31. The second-order valence-corrected chi connectivity index (χ2v) is 8.21. The van der Waals surface area contributed by atoms with Crippen molar-refractivity contribution >= 4 is 28.4 Å². The molecule has 4 heterocycles. The number of pyridine rings is 2. The molecule has 0 aromatic carbocycles. The average Bonchev–Trinajstić information content (AvgIpc) is 3.29. The van der Waals surface area contributed by atoms with E-state index < -0.39 is 0 Å². The molecule has 1 amide bonds. The van der Waals surface area contributed by atoms with E-state index in [1.807, 2.05) is 31.7 Å². The number of likely N-dealkylation sites (tertiary alicyclic amines) is 1. The summed E-state index contributed by atoms with van der Waals surface area (Å²) in [4.78, 5) is 34.5.